The fourth-order valence-electron chi connectivity index (χ4n) is 3.31. The Morgan fingerprint density at radius 2 is 1.41 bits per heavy atom. The number of amides is 2. The number of hydrogen-bond donors (Lipinski definition) is 0. The molecule has 1 fully saturated rings. The van der Waals surface area contributed by atoms with Crippen molar-refractivity contribution in [2.24, 2.45) is 0 Å². The van der Waals surface area contributed by atoms with Crippen molar-refractivity contribution in [2.75, 3.05) is 37.5 Å². The highest BCUT2D eigenvalue weighted by atomic mass is 32.2. The summed E-state index contributed by atoms with van der Waals surface area (Å²) in [6, 6.07) is 14.7. The van der Waals surface area contributed by atoms with E-state index in [1.54, 1.807) is 34.1 Å². The number of para-hydroxylation sites is 1. The summed E-state index contributed by atoms with van der Waals surface area (Å²) in [5, 5.41) is 0. The second-order valence-corrected chi connectivity index (χ2v) is 10.6. The van der Waals surface area contributed by atoms with E-state index in [2.05, 4.69) is 0 Å². The topological polar surface area (TPSA) is 87.2 Å². The van der Waals surface area contributed by atoms with Crippen molar-refractivity contribution < 1.29 is 22.7 Å². The Morgan fingerprint density at radius 1 is 0.875 bits per heavy atom. The number of nitrogens with zero attached hydrogens (tertiary/aromatic N) is 3. The molecule has 3 rings (SSSR count). The molecule has 2 aromatic carbocycles. The van der Waals surface area contributed by atoms with E-state index in [1.807, 2.05) is 26.8 Å². The lowest BCUT2D eigenvalue weighted by Gasteiger charge is -2.35. The molecular weight excluding hydrogens is 430 g/mol. The molecule has 0 N–H and O–H groups in total. The largest absolute Gasteiger partial charge is 0.444 e. The Kier molecular flexibility index (Phi) is 6.78. The van der Waals surface area contributed by atoms with Crippen LogP contribution in [0.5, 0.6) is 0 Å². The van der Waals surface area contributed by atoms with Crippen molar-refractivity contribution in [3.8, 4) is 0 Å². The molecule has 1 heterocycles. The number of benzene rings is 2. The zero-order chi connectivity index (χ0) is 23.5. The molecule has 0 atom stereocenters. The predicted octanol–water partition coefficient (Wildman–Crippen LogP) is 3.20. The Morgan fingerprint density at radius 3 is 1.94 bits per heavy atom. The molecule has 2 aromatic rings. The number of ether oxygens (including phenoxy) is 1. The molecule has 0 unspecified atom stereocenters. The van der Waals surface area contributed by atoms with Crippen LogP contribution in [-0.4, -0.2) is 69.0 Å². The van der Waals surface area contributed by atoms with Crippen LogP contribution in [0.4, 0.5) is 10.5 Å². The van der Waals surface area contributed by atoms with Gasteiger partial charge in [-0.3, -0.25) is 9.10 Å². The molecule has 172 valence electrons. The minimum atomic E-state index is -3.74. The van der Waals surface area contributed by atoms with E-state index < -0.39 is 15.6 Å². The second kappa shape index (κ2) is 9.20. The maximum Gasteiger partial charge on any atom is 0.410 e. The van der Waals surface area contributed by atoms with Gasteiger partial charge >= 0.3 is 6.09 Å². The normalized spacial score (nSPS) is 14.8. The van der Waals surface area contributed by atoms with Crippen LogP contribution in [0.2, 0.25) is 0 Å². The fourth-order valence-corrected chi connectivity index (χ4v) is 4.50. The summed E-state index contributed by atoms with van der Waals surface area (Å²) in [6.45, 7) is 6.97. The molecule has 0 bridgehead atoms. The highest BCUT2D eigenvalue weighted by molar-refractivity contribution is 7.92. The Labute approximate surface area is 189 Å². The van der Waals surface area contributed by atoms with E-state index in [4.69, 9.17) is 4.74 Å². The molecule has 2 amide bonds. The van der Waals surface area contributed by atoms with Crippen LogP contribution in [0.15, 0.2) is 59.5 Å². The van der Waals surface area contributed by atoms with Crippen LogP contribution in [0.25, 0.3) is 0 Å². The average molecular weight is 460 g/mol. The van der Waals surface area contributed by atoms with Crippen LogP contribution in [0.3, 0.4) is 0 Å². The maximum absolute atomic E-state index is 12.9. The first-order valence-electron chi connectivity index (χ1n) is 10.4. The molecule has 9 heteroatoms. The number of carbonyl (C=O) groups is 2. The Bertz CT molecular complexity index is 1060. The SMILES string of the molecule is CN(c1ccccc1)S(=O)(=O)c1ccc(C(=O)N2CCN(C(=O)OC(C)(C)C)CC2)cc1. The zero-order valence-corrected chi connectivity index (χ0v) is 19.6. The summed E-state index contributed by atoms with van der Waals surface area (Å²) in [4.78, 5) is 28.4. The van der Waals surface area contributed by atoms with E-state index in [-0.39, 0.29) is 16.9 Å². The molecule has 0 saturated carbocycles. The van der Waals surface area contributed by atoms with Gasteiger partial charge in [-0.1, -0.05) is 18.2 Å². The number of anilines is 1. The van der Waals surface area contributed by atoms with Gasteiger partial charge in [0.2, 0.25) is 0 Å². The lowest BCUT2D eigenvalue weighted by Crippen LogP contribution is -2.51. The van der Waals surface area contributed by atoms with Crippen molar-refractivity contribution in [3.63, 3.8) is 0 Å². The van der Waals surface area contributed by atoms with Gasteiger partial charge in [0, 0.05) is 38.8 Å². The third kappa shape index (κ3) is 5.40. The molecule has 0 aliphatic carbocycles. The Balaban J connectivity index is 1.64. The molecular formula is C23H29N3O5S. The monoisotopic (exact) mass is 459 g/mol. The zero-order valence-electron chi connectivity index (χ0n) is 18.8. The van der Waals surface area contributed by atoms with Crippen LogP contribution < -0.4 is 4.31 Å². The average Bonchev–Trinajstić information content (AvgIpc) is 2.77. The number of rotatable bonds is 4. The van der Waals surface area contributed by atoms with Crippen LogP contribution in [-0.2, 0) is 14.8 Å². The van der Waals surface area contributed by atoms with E-state index >= 15 is 0 Å². The maximum atomic E-state index is 12.9. The number of piperazine rings is 1. The number of carbonyl (C=O) groups excluding carboxylic acids is 2. The predicted molar refractivity (Wildman–Crippen MR) is 122 cm³/mol. The summed E-state index contributed by atoms with van der Waals surface area (Å²) in [6.07, 6.45) is -0.387. The first-order valence-corrected chi connectivity index (χ1v) is 11.8. The van der Waals surface area contributed by atoms with Gasteiger partial charge < -0.3 is 14.5 Å². The van der Waals surface area contributed by atoms with Crippen molar-refractivity contribution in [1.29, 1.82) is 0 Å². The third-order valence-electron chi connectivity index (χ3n) is 5.10. The molecule has 0 radical (unpaired) electrons. The summed E-state index contributed by atoms with van der Waals surface area (Å²) < 4.78 is 32.4. The molecule has 1 aliphatic rings. The summed E-state index contributed by atoms with van der Waals surface area (Å²) in [5.41, 5.74) is 0.383. The van der Waals surface area contributed by atoms with Gasteiger partial charge in [-0.2, -0.15) is 0 Å². The Hall–Kier alpha value is -3.07. The van der Waals surface area contributed by atoms with Gasteiger partial charge in [-0.05, 0) is 57.2 Å². The minimum Gasteiger partial charge on any atom is -0.444 e. The minimum absolute atomic E-state index is 0.107. The van der Waals surface area contributed by atoms with Crippen molar-refractivity contribution in [3.05, 3.63) is 60.2 Å². The second-order valence-electron chi connectivity index (χ2n) is 8.59. The first kappa shape index (κ1) is 23.6. The van der Waals surface area contributed by atoms with Gasteiger partial charge in [0.15, 0.2) is 0 Å². The quantitative estimate of drug-likeness (QED) is 0.701. The number of sulfonamides is 1. The lowest BCUT2D eigenvalue weighted by molar-refractivity contribution is 0.0141. The van der Waals surface area contributed by atoms with E-state index in [1.165, 1.54) is 35.6 Å². The van der Waals surface area contributed by atoms with Crippen molar-refractivity contribution >= 4 is 27.7 Å². The lowest BCUT2D eigenvalue weighted by atomic mass is 10.2. The highest BCUT2D eigenvalue weighted by Gasteiger charge is 2.28. The third-order valence-corrected chi connectivity index (χ3v) is 6.90. The molecule has 1 aliphatic heterocycles. The molecule has 8 nitrogen and oxygen atoms in total. The summed E-state index contributed by atoms with van der Waals surface area (Å²) >= 11 is 0. The fraction of sp³-hybridized carbons (Fsp3) is 0.391. The molecule has 1 saturated heterocycles. The molecule has 0 spiro atoms. The highest BCUT2D eigenvalue weighted by Crippen LogP contribution is 2.22. The number of hydrogen-bond acceptors (Lipinski definition) is 5. The summed E-state index contributed by atoms with van der Waals surface area (Å²) in [5.74, 6) is -0.200. The summed E-state index contributed by atoms with van der Waals surface area (Å²) in [7, 11) is -2.25. The van der Waals surface area contributed by atoms with Crippen molar-refractivity contribution in [1.82, 2.24) is 9.80 Å². The smallest absolute Gasteiger partial charge is 0.410 e. The molecule has 32 heavy (non-hydrogen) atoms. The van der Waals surface area contributed by atoms with Gasteiger partial charge in [0.1, 0.15) is 5.60 Å². The van der Waals surface area contributed by atoms with Gasteiger partial charge in [-0.15, -0.1) is 0 Å². The standard InChI is InChI=1S/C23H29N3O5S/c1-23(2,3)31-22(28)26-16-14-25(15-17-26)21(27)18-10-12-20(13-11-18)32(29,30)24(4)19-8-6-5-7-9-19/h5-13H,14-17H2,1-4H3. The van der Waals surface area contributed by atoms with E-state index in [0.29, 0.717) is 37.4 Å². The van der Waals surface area contributed by atoms with Crippen LogP contribution >= 0.6 is 0 Å². The van der Waals surface area contributed by atoms with Gasteiger partial charge in [-0.25, -0.2) is 13.2 Å². The first-order chi connectivity index (χ1) is 15.0. The van der Waals surface area contributed by atoms with E-state index in [9.17, 15) is 18.0 Å². The van der Waals surface area contributed by atoms with Gasteiger partial charge in [0.05, 0.1) is 10.6 Å². The van der Waals surface area contributed by atoms with Crippen LogP contribution in [0.1, 0.15) is 31.1 Å². The van der Waals surface area contributed by atoms with Gasteiger partial charge in [0.25, 0.3) is 15.9 Å². The van der Waals surface area contributed by atoms with Crippen LogP contribution in [0, 0.1) is 0 Å². The van der Waals surface area contributed by atoms with E-state index in [0.717, 1.165) is 0 Å². The molecule has 0 aromatic heterocycles. The van der Waals surface area contributed by atoms with Crippen molar-refractivity contribution in [2.45, 2.75) is 31.3 Å².